The number of methoxy groups -OCH3 is 1. The maximum absolute atomic E-state index is 12.6. The first-order valence-electron chi connectivity index (χ1n) is 10.9. The average molecular weight is 511 g/mol. The van der Waals surface area contributed by atoms with Crippen molar-refractivity contribution in [3.8, 4) is 23.0 Å². The highest BCUT2D eigenvalue weighted by atomic mass is 32.2. The molecular weight excluding hydrogens is 484 g/mol. The van der Waals surface area contributed by atoms with Gasteiger partial charge in [-0.1, -0.05) is 30.9 Å². The molecule has 0 unspecified atom stereocenters. The molecular formula is C26H26N2O7S. The van der Waals surface area contributed by atoms with Crippen LogP contribution in [0.15, 0.2) is 89.4 Å². The topological polar surface area (TPSA) is 113 Å². The Hall–Kier alpha value is -4.31. The van der Waals surface area contributed by atoms with E-state index in [1.54, 1.807) is 55.5 Å². The molecule has 0 saturated carbocycles. The number of benzene rings is 3. The first-order chi connectivity index (χ1) is 17.4. The predicted molar refractivity (Wildman–Crippen MR) is 136 cm³/mol. The van der Waals surface area contributed by atoms with Crippen molar-refractivity contribution in [1.29, 1.82) is 0 Å². The van der Waals surface area contributed by atoms with E-state index in [9.17, 15) is 13.2 Å². The molecule has 3 aromatic rings. The van der Waals surface area contributed by atoms with Gasteiger partial charge in [0.15, 0.2) is 23.0 Å². The van der Waals surface area contributed by atoms with E-state index in [1.807, 2.05) is 0 Å². The first-order valence-corrected chi connectivity index (χ1v) is 12.3. The van der Waals surface area contributed by atoms with E-state index in [0.29, 0.717) is 29.2 Å². The molecule has 0 atom stereocenters. The maximum Gasteiger partial charge on any atom is 0.339 e. The van der Waals surface area contributed by atoms with Crippen LogP contribution >= 0.6 is 0 Å². The molecule has 0 aliphatic heterocycles. The van der Waals surface area contributed by atoms with Crippen LogP contribution in [0, 0.1) is 0 Å². The third-order valence-electron chi connectivity index (χ3n) is 4.66. The van der Waals surface area contributed by atoms with Gasteiger partial charge in [-0.15, -0.1) is 0 Å². The average Bonchev–Trinajstić information content (AvgIpc) is 2.89. The van der Waals surface area contributed by atoms with Crippen LogP contribution in [-0.2, 0) is 10.1 Å². The third kappa shape index (κ3) is 6.86. The summed E-state index contributed by atoms with van der Waals surface area (Å²) < 4.78 is 46.7. The summed E-state index contributed by atoms with van der Waals surface area (Å²) in [6.45, 7) is 5.95. The van der Waals surface area contributed by atoms with Gasteiger partial charge in [-0.3, -0.25) is 4.79 Å². The SMILES string of the molecule is C=CCOc1ccc(C(=O)N/N=C/c2ccc(OS(=O)(=O)c3ccccc3)c(OCC)c2)cc1OC. The molecule has 10 heteroatoms. The van der Waals surface area contributed by atoms with E-state index >= 15 is 0 Å². The van der Waals surface area contributed by atoms with Gasteiger partial charge < -0.3 is 18.4 Å². The van der Waals surface area contributed by atoms with Crippen LogP contribution in [0.5, 0.6) is 23.0 Å². The molecule has 3 rings (SSSR count). The Morgan fingerprint density at radius 1 is 0.972 bits per heavy atom. The van der Waals surface area contributed by atoms with Gasteiger partial charge in [0, 0.05) is 5.56 Å². The number of ether oxygens (including phenoxy) is 3. The Morgan fingerprint density at radius 3 is 2.42 bits per heavy atom. The van der Waals surface area contributed by atoms with E-state index in [0.717, 1.165) is 0 Å². The fourth-order valence-corrected chi connectivity index (χ4v) is 3.96. The number of nitrogens with zero attached hydrogens (tertiary/aromatic N) is 1. The van der Waals surface area contributed by atoms with Crippen LogP contribution in [0.3, 0.4) is 0 Å². The zero-order valence-corrected chi connectivity index (χ0v) is 20.7. The van der Waals surface area contributed by atoms with Gasteiger partial charge in [0.2, 0.25) is 0 Å². The van der Waals surface area contributed by atoms with Gasteiger partial charge in [0.25, 0.3) is 5.91 Å². The third-order valence-corrected chi connectivity index (χ3v) is 5.91. The highest BCUT2D eigenvalue weighted by molar-refractivity contribution is 7.87. The summed E-state index contributed by atoms with van der Waals surface area (Å²) in [6.07, 6.45) is 3.00. The largest absolute Gasteiger partial charge is 0.493 e. The second-order valence-electron chi connectivity index (χ2n) is 7.15. The van der Waals surface area contributed by atoms with E-state index in [1.165, 1.54) is 37.6 Å². The lowest BCUT2D eigenvalue weighted by atomic mass is 10.2. The quantitative estimate of drug-likeness (QED) is 0.168. The lowest BCUT2D eigenvalue weighted by molar-refractivity contribution is 0.0954. The molecule has 9 nitrogen and oxygen atoms in total. The molecule has 0 aliphatic carbocycles. The van der Waals surface area contributed by atoms with Gasteiger partial charge in [0.1, 0.15) is 11.5 Å². The molecule has 0 fully saturated rings. The summed E-state index contributed by atoms with van der Waals surface area (Å²) in [5.74, 6) is 0.673. The summed E-state index contributed by atoms with van der Waals surface area (Å²) in [7, 11) is -2.56. The summed E-state index contributed by atoms with van der Waals surface area (Å²) >= 11 is 0. The van der Waals surface area contributed by atoms with E-state index < -0.39 is 16.0 Å². The fourth-order valence-electron chi connectivity index (χ4n) is 3.00. The molecule has 0 spiro atoms. The monoisotopic (exact) mass is 510 g/mol. The molecule has 0 saturated heterocycles. The van der Waals surface area contributed by atoms with Crippen LogP contribution in [0.1, 0.15) is 22.8 Å². The lowest BCUT2D eigenvalue weighted by Gasteiger charge is -2.12. The Morgan fingerprint density at radius 2 is 1.72 bits per heavy atom. The minimum absolute atomic E-state index is 0.0257. The van der Waals surface area contributed by atoms with Crippen molar-refractivity contribution in [3.63, 3.8) is 0 Å². The van der Waals surface area contributed by atoms with Gasteiger partial charge >= 0.3 is 10.1 Å². The molecule has 1 amide bonds. The summed E-state index contributed by atoms with van der Waals surface area (Å²) in [5.41, 5.74) is 3.31. The first kappa shape index (κ1) is 26.3. The van der Waals surface area contributed by atoms with Crippen molar-refractivity contribution in [1.82, 2.24) is 5.43 Å². The summed E-state index contributed by atoms with van der Waals surface area (Å²) in [5, 5.41) is 3.97. The predicted octanol–water partition coefficient (Wildman–Crippen LogP) is 4.19. The minimum atomic E-state index is -4.03. The van der Waals surface area contributed by atoms with Gasteiger partial charge in [-0.05, 0) is 61.0 Å². The summed E-state index contributed by atoms with van der Waals surface area (Å²) in [6, 6.07) is 17.2. The maximum atomic E-state index is 12.6. The molecule has 0 heterocycles. The van der Waals surface area contributed by atoms with E-state index in [4.69, 9.17) is 18.4 Å². The molecule has 0 bridgehead atoms. The van der Waals surface area contributed by atoms with Crippen LogP contribution < -0.4 is 23.8 Å². The molecule has 3 aromatic carbocycles. The molecule has 0 aromatic heterocycles. The van der Waals surface area contributed by atoms with Crippen molar-refractivity contribution in [2.75, 3.05) is 20.3 Å². The van der Waals surface area contributed by atoms with Crippen molar-refractivity contribution >= 4 is 22.2 Å². The minimum Gasteiger partial charge on any atom is -0.493 e. The van der Waals surface area contributed by atoms with Crippen molar-refractivity contribution < 1.29 is 31.6 Å². The Bertz CT molecular complexity index is 1340. The van der Waals surface area contributed by atoms with Crippen molar-refractivity contribution in [2.45, 2.75) is 11.8 Å². The lowest BCUT2D eigenvalue weighted by Crippen LogP contribution is -2.17. The zero-order chi connectivity index (χ0) is 26.0. The number of carbonyl (C=O) groups is 1. The van der Waals surface area contributed by atoms with E-state index in [2.05, 4.69) is 17.1 Å². The smallest absolute Gasteiger partial charge is 0.339 e. The number of carbonyl (C=O) groups excluding carboxylic acids is 1. The Kier molecular flexibility index (Phi) is 9.07. The number of rotatable bonds is 12. The second-order valence-corrected chi connectivity index (χ2v) is 8.70. The number of hydrogen-bond acceptors (Lipinski definition) is 8. The number of hydrazone groups is 1. The standard InChI is InChI=1S/C26H26N2O7S/c1-4-15-34-22-14-12-20(17-24(22)32-3)26(29)28-27-18-19-11-13-23(25(16-19)33-5-2)35-36(30,31)21-9-7-6-8-10-21/h4,6-14,16-18H,1,5,15H2,2-3H3,(H,28,29)/b27-18+. The van der Waals surface area contributed by atoms with Gasteiger partial charge in [0.05, 0.1) is 19.9 Å². The zero-order valence-electron chi connectivity index (χ0n) is 19.8. The van der Waals surface area contributed by atoms with Crippen LogP contribution in [0.4, 0.5) is 0 Å². The second kappa shape index (κ2) is 12.4. The molecule has 0 aliphatic rings. The Labute approximate surface area is 210 Å². The van der Waals surface area contributed by atoms with E-state index in [-0.39, 0.29) is 23.0 Å². The van der Waals surface area contributed by atoms with Crippen molar-refractivity contribution in [3.05, 3.63) is 90.5 Å². The normalized spacial score (nSPS) is 11.1. The van der Waals surface area contributed by atoms with Crippen LogP contribution in [-0.4, -0.2) is 40.9 Å². The van der Waals surface area contributed by atoms with Crippen LogP contribution in [0.2, 0.25) is 0 Å². The molecule has 36 heavy (non-hydrogen) atoms. The van der Waals surface area contributed by atoms with Gasteiger partial charge in [-0.2, -0.15) is 13.5 Å². The van der Waals surface area contributed by atoms with Gasteiger partial charge in [-0.25, -0.2) is 5.43 Å². The number of hydrogen-bond donors (Lipinski definition) is 1. The van der Waals surface area contributed by atoms with Crippen LogP contribution in [0.25, 0.3) is 0 Å². The highest BCUT2D eigenvalue weighted by Crippen LogP contribution is 2.31. The number of amides is 1. The number of nitrogens with one attached hydrogen (secondary N) is 1. The molecule has 188 valence electrons. The van der Waals surface area contributed by atoms with Crippen molar-refractivity contribution in [2.24, 2.45) is 5.10 Å². The Balaban J connectivity index is 1.72. The molecule has 1 N–H and O–H groups in total. The molecule has 0 radical (unpaired) electrons. The summed E-state index contributed by atoms with van der Waals surface area (Å²) in [4.78, 5) is 12.5. The fraction of sp³-hybridized carbons (Fsp3) is 0.154. The highest BCUT2D eigenvalue weighted by Gasteiger charge is 2.19.